The molecule has 1 nitrogen and oxygen atoms in total. The Hall–Kier alpha value is -1.88. The molecule has 0 saturated heterocycles. The van der Waals surface area contributed by atoms with E-state index in [0.29, 0.717) is 5.92 Å². The second-order valence-electron chi connectivity index (χ2n) is 8.31. The molecule has 0 amide bonds. The Morgan fingerprint density at radius 3 is 2.29 bits per heavy atom. The Balaban J connectivity index is 1.63. The van der Waals surface area contributed by atoms with Crippen molar-refractivity contribution < 1.29 is 4.39 Å². The van der Waals surface area contributed by atoms with Gasteiger partial charge in [-0.3, -0.25) is 0 Å². The zero-order valence-corrected chi connectivity index (χ0v) is 17.5. The largest absolute Gasteiger partial charge is 0.199 e. The Kier molecular flexibility index (Phi) is 10.7. The van der Waals surface area contributed by atoms with Crippen molar-refractivity contribution in [1.82, 2.24) is 0 Å². The number of unbranched alkanes of at least 4 members (excludes halogenated alkanes) is 4. The third-order valence-corrected chi connectivity index (χ3v) is 6.06. The van der Waals surface area contributed by atoms with Crippen molar-refractivity contribution >= 4 is 0 Å². The van der Waals surface area contributed by atoms with Gasteiger partial charge in [0.2, 0.25) is 0 Å². The van der Waals surface area contributed by atoms with Gasteiger partial charge in [0.1, 0.15) is 6.07 Å². The molecule has 0 aromatic heterocycles. The number of nitrogens with zero attached hydrogens (tertiary/aromatic N) is 1. The summed E-state index contributed by atoms with van der Waals surface area (Å²) in [6, 6.07) is 10.8. The minimum Gasteiger partial charge on any atom is -0.195 e. The van der Waals surface area contributed by atoms with E-state index in [9.17, 15) is 4.39 Å². The number of hydrogen-bond acceptors (Lipinski definition) is 1. The van der Waals surface area contributed by atoms with Crippen LogP contribution in [0.15, 0.2) is 48.3 Å². The molecule has 0 radical (unpaired) electrons. The summed E-state index contributed by atoms with van der Waals surface area (Å²) in [5, 5.41) is 8.41. The van der Waals surface area contributed by atoms with Gasteiger partial charge in [-0.1, -0.05) is 69.0 Å². The smallest absolute Gasteiger partial charge is 0.195 e. The van der Waals surface area contributed by atoms with Crippen molar-refractivity contribution in [3.63, 3.8) is 0 Å². The molecule has 1 saturated carbocycles. The van der Waals surface area contributed by atoms with E-state index in [4.69, 9.17) is 5.26 Å². The number of aryl methyl sites for hydroxylation is 2. The minimum absolute atomic E-state index is 0.538. The highest BCUT2D eigenvalue weighted by Gasteiger charge is 2.19. The van der Waals surface area contributed by atoms with Crippen LogP contribution in [0.2, 0.25) is 0 Å². The highest BCUT2D eigenvalue weighted by Crippen LogP contribution is 2.32. The minimum atomic E-state index is -0.715. The average Bonchev–Trinajstić information content (AvgIpc) is 2.73. The Labute approximate surface area is 171 Å². The highest BCUT2D eigenvalue weighted by molar-refractivity contribution is 5.23. The summed E-state index contributed by atoms with van der Waals surface area (Å²) < 4.78 is 12.8. The molecule has 1 fully saturated rings. The van der Waals surface area contributed by atoms with Crippen LogP contribution in [0.1, 0.15) is 82.3 Å². The molecule has 1 aromatic carbocycles. The second kappa shape index (κ2) is 13.3. The van der Waals surface area contributed by atoms with Gasteiger partial charge >= 0.3 is 0 Å². The molecule has 0 bridgehead atoms. The molecular weight excluding hydrogens is 345 g/mol. The van der Waals surface area contributed by atoms with E-state index in [1.807, 2.05) is 0 Å². The standard InChI is InChI=1S/C26H36FN/c1-2-3-4-5-6-8-22-11-15-24(16-12-22)19-20-25-17-13-23(14-18-25)9-7-10-26(27)21-28/h7,9-12,15-16,23,25H,2-6,8,13-14,17-20H2,1H3/b9-7+,26-10-/t23-,25-. The van der Waals surface area contributed by atoms with Crippen LogP contribution in [-0.4, -0.2) is 0 Å². The first-order valence-electron chi connectivity index (χ1n) is 11.2. The molecule has 2 rings (SSSR count). The number of rotatable bonds is 11. The fourth-order valence-corrected chi connectivity index (χ4v) is 4.18. The molecule has 0 aliphatic heterocycles. The molecule has 0 atom stereocenters. The Bertz CT molecular complexity index is 642. The lowest BCUT2D eigenvalue weighted by Gasteiger charge is -2.26. The van der Waals surface area contributed by atoms with Gasteiger partial charge in [0.15, 0.2) is 5.83 Å². The molecule has 28 heavy (non-hydrogen) atoms. The topological polar surface area (TPSA) is 23.8 Å². The summed E-state index contributed by atoms with van der Waals surface area (Å²) in [4.78, 5) is 0. The van der Waals surface area contributed by atoms with Gasteiger partial charge in [-0.2, -0.15) is 9.65 Å². The summed E-state index contributed by atoms with van der Waals surface area (Å²) in [5.74, 6) is 0.636. The average molecular weight is 382 g/mol. The molecule has 2 heteroatoms. The van der Waals surface area contributed by atoms with Crippen molar-refractivity contribution in [2.75, 3.05) is 0 Å². The van der Waals surface area contributed by atoms with Crippen LogP contribution >= 0.6 is 0 Å². The van der Waals surface area contributed by atoms with Crippen LogP contribution in [0, 0.1) is 23.2 Å². The Morgan fingerprint density at radius 1 is 1.00 bits per heavy atom. The molecule has 1 aromatic rings. The van der Waals surface area contributed by atoms with Crippen molar-refractivity contribution in [3.05, 3.63) is 59.4 Å². The SMILES string of the molecule is CCCCCCCc1ccc(CC[C@H]2CC[C@H](/C=C/C=C(\F)C#N)CC2)cc1. The van der Waals surface area contributed by atoms with Gasteiger partial charge < -0.3 is 0 Å². The second-order valence-corrected chi connectivity index (χ2v) is 8.31. The lowest BCUT2D eigenvalue weighted by atomic mass is 9.79. The first-order valence-corrected chi connectivity index (χ1v) is 11.2. The van der Waals surface area contributed by atoms with E-state index in [1.54, 1.807) is 6.08 Å². The lowest BCUT2D eigenvalue weighted by molar-refractivity contribution is 0.296. The van der Waals surface area contributed by atoms with Crippen LogP contribution < -0.4 is 0 Å². The zero-order chi connectivity index (χ0) is 20.0. The van der Waals surface area contributed by atoms with Crippen molar-refractivity contribution in [2.45, 2.75) is 84.0 Å². The van der Waals surface area contributed by atoms with E-state index < -0.39 is 5.83 Å². The molecular formula is C26H36FN. The molecule has 0 heterocycles. The number of nitriles is 1. The van der Waals surface area contributed by atoms with Crippen LogP contribution in [0.3, 0.4) is 0 Å². The van der Waals surface area contributed by atoms with Gasteiger partial charge in [-0.05, 0) is 80.4 Å². The number of halogens is 1. The third-order valence-electron chi connectivity index (χ3n) is 6.06. The summed E-state index contributed by atoms with van der Waals surface area (Å²) in [6.07, 6.45) is 20.3. The number of allylic oxidation sites excluding steroid dienone is 4. The maximum absolute atomic E-state index is 12.8. The molecule has 0 N–H and O–H groups in total. The fourth-order valence-electron chi connectivity index (χ4n) is 4.18. The van der Waals surface area contributed by atoms with Gasteiger partial charge in [-0.25, -0.2) is 0 Å². The monoisotopic (exact) mass is 381 g/mol. The third kappa shape index (κ3) is 8.87. The molecule has 1 aliphatic rings. The van der Waals surface area contributed by atoms with Gasteiger partial charge in [-0.15, -0.1) is 0 Å². The summed E-state index contributed by atoms with van der Waals surface area (Å²) in [7, 11) is 0. The highest BCUT2D eigenvalue weighted by atomic mass is 19.1. The van der Waals surface area contributed by atoms with E-state index in [-0.39, 0.29) is 0 Å². The van der Waals surface area contributed by atoms with Crippen molar-refractivity contribution in [3.8, 4) is 6.07 Å². The predicted octanol–water partition coefficient (Wildman–Crippen LogP) is 7.87. The number of benzene rings is 1. The van der Waals surface area contributed by atoms with Crippen LogP contribution in [0.25, 0.3) is 0 Å². The number of hydrogen-bond donors (Lipinski definition) is 0. The maximum Gasteiger partial charge on any atom is 0.199 e. The first kappa shape index (κ1) is 22.4. The summed E-state index contributed by atoms with van der Waals surface area (Å²) >= 11 is 0. The first-order chi connectivity index (χ1) is 13.7. The normalized spacial score (nSPS) is 20.4. The van der Waals surface area contributed by atoms with Crippen LogP contribution in [-0.2, 0) is 12.8 Å². The fraction of sp³-hybridized carbons (Fsp3) is 0.577. The molecule has 0 spiro atoms. The van der Waals surface area contributed by atoms with Gasteiger partial charge in [0, 0.05) is 0 Å². The van der Waals surface area contributed by atoms with Gasteiger partial charge in [0.05, 0.1) is 0 Å². The van der Waals surface area contributed by atoms with Crippen molar-refractivity contribution in [2.24, 2.45) is 11.8 Å². The Morgan fingerprint density at radius 2 is 1.64 bits per heavy atom. The molecule has 0 unspecified atom stereocenters. The van der Waals surface area contributed by atoms with E-state index >= 15 is 0 Å². The predicted molar refractivity (Wildman–Crippen MR) is 117 cm³/mol. The zero-order valence-electron chi connectivity index (χ0n) is 17.5. The summed E-state index contributed by atoms with van der Waals surface area (Å²) in [5.41, 5.74) is 2.95. The van der Waals surface area contributed by atoms with Crippen molar-refractivity contribution in [1.29, 1.82) is 5.26 Å². The molecule has 152 valence electrons. The van der Waals surface area contributed by atoms with E-state index in [0.717, 1.165) is 5.92 Å². The van der Waals surface area contributed by atoms with Gasteiger partial charge in [0.25, 0.3) is 0 Å². The molecule has 1 aliphatic carbocycles. The van der Waals surface area contributed by atoms with E-state index in [1.165, 1.54) is 100 Å². The maximum atomic E-state index is 12.8. The van der Waals surface area contributed by atoms with Crippen LogP contribution in [0.5, 0.6) is 0 Å². The lowest BCUT2D eigenvalue weighted by Crippen LogP contribution is -2.13. The quantitative estimate of drug-likeness (QED) is 0.217. The van der Waals surface area contributed by atoms with E-state index in [2.05, 4.69) is 37.3 Å². The van der Waals surface area contributed by atoms with Crippen LogP contribution in [0.4, 0.5) is 4.39 Å². The summed E-state index contributed by atoms with van der Waals surface area (Å²) in [6.45, 7) is 2.26.